The molecule has 4 heteroatoms. The molecule has 1 atom stereocenters. The Morgan fingerprint density at radius 1 is 1.44 bits per heavy atom. The third-order valence-electron chi connectivity index (χ3n) is 3.69. The Bertz CT molecular complexity index is 416. The maximum atomic E-state index is 12.1. The van der Waals surface area contributed by atoms with E-state index in [2.05, 4.69) is 33.2 Å². The van der Waals surface area contributed by atoms with E-state index in [9.17, 15) is 4.79 Å². The molecule has 0 aliphatic heterocycles. The van der Waals surface area contributed by atoms with Crippen LogP contribution >= 0.6 is 15.9 Å². The molecule has 3 nitrogen and oxygen atoms in total. The second-order valence-corrected chi connectivity index (χ2v) is 5.85. The van der Waals surface area contributed by atoms with Gasteiger partial charge in [0.15, 0.2) is 0 Å². The zero-order chi connectivity index (χ0) is 13.0. The fraction of sp³-hybridized carbons (Fsp3) is 0.571. The summed E-state index contributed by atoms with van der Waals surface area (Å²) in [6.07, 6.45) is 8.01. The number of hydrogen-bond donors (Lipinski definition) is 1. The van der Waals surface area contributed by atoms with Gasteiger partial charge in [-0.15, -0.1) is 0 Å². The first-order valence-electron chi connectivity index (χ1n) is 6.60. The molecule has 0 aromatic carbocycles. The Morgan fingerprint density at radius 3 is 2.83 bits per heavy atom. The number of nitrogens with one attached hydrogen (secondary N) is 1. The van der Waals surface area contributed by atoms with E-state index in [0.717, 1.165) is 4.47 Å². The summed E-state index contributed by atoms with van der Waals surface area (Å²) in [6.45, 7) is 2.10. The van der Waals surface area contributed by atoms with Crippen molar-refractivity contribution in [3.63, 3.8) is 0 Å². The van der Waals surface area contributed by atoms with E-state index in [0.29, 0.717) is 11.6 Å². The molecule has 0 saturated heterocycles. The molecule has 1 heterocycles. The first kappa shape index (κ1) is 13.5. The Morgan fingerprint density at radius 2 is 2.17 bits per heavy atom. The number of nitrogens with zero attached hydrogens (tertiary/aromatic N) is 1. The first-order chi connectivity index (χ1) is 8.68. The predicted molar refractivity (Wildman–Crippen MR) is 75.4 cm³/mol. The van der Waals surface area contributed by atoms with Gasteiger partial charge in [-0.3, -0.25) is 4.79 Å². The Kier molecular flexibility index (Phi) is 4.75. The normalized spacial score (nSPS) is 18.3. The van der Waals surface area contributed by atoms with Gasteiger partial charge in [0.1, 0.15) is 5.69 Å². The van der Waals surface area contributed by atoms with Crippen LogP contribution in [0.15, 0.2) is 22.8 Å². The average Bonchev–Trinajstić information content (AvgIpc) is 2.40. The smallest absolute Gasteiger partial charge is 0.271 e. The molecular formula is C14H19BrN2O. The summed E-state index contributed by atoms with van der Waals surface area (Å²) in [5.74, 6) is 0.533. The van der Waals surface area contributed by atoms with Crippen molar-refractivity contribution in [3.05, 3.63) is 28.5 Å². The lowest BCUT2D eigenvalue weighted by Crippen LogP contribution is -2.39. The standard InChI is InChI=1S/C14H19BrN2O/c1-10(11-6-3-2-4-7-11)17-14(18)13-12(15)8-5-9-16-13/h5,8-11H,2-4,6-7H2,1H3,(H,17,18). The van der Waals surface area contributed by atoms with E-state index in [1.54, 1.807) is 6.20 Å². The number of carbonyl (C=O) groups is 1. The summed E-state index contributed by atoms with van der Waals surface area (Å²) in [4.78, 5) is 16.2. The van der Waals surface area contributed by atoms with Crippen molar-refractivity contribution in [1.82, 2.24) is 10.3 Å². The monoisotopic (exact) mass is 310 g/mol. The molecule has 1 unspecified atom stereocenters. The fourth-order valence-electron chi connectivity index (χ4n) is 2.58. The van der Waals surface area contributed by atoms with Crippen LogP contribution in [-0.4, -0.2) is 16.9 Å². The Labute approximate surface area is 117 Å². The van der Waals surface area contributed by atoms with Crippen molar-refractivity contribution in [1.29, 1.82) is 0 Å². The van der Waals surface area contributed by atoms with Crippen molar-refractivity contribution in [3.8, 4) is 0 Å². The van der Waals surface area contributed by atoms with E-state index in [-0.39, 0.29) is 11.9 Å². The quantitative estimate of drug-likeness (QED) is 0.927. The van der Waals surface area contributed by atoms with Gasteiger partial charge in [0, 0.05) is 16.7 Å². The van der Waals surface area contributed by atoms with Crippen LogP contribution < -0.4 is 5.32 Å². The topological polar surface area (TPSA) is 42.0 Å². The van der Waals surface area contributed by atoms with Gasteiger partial charge in [-0.25, -0.2) is 4.98 Å². The van der Waals surface area contributed by atoms with Crippen LogP contribution in [0.4, 0.5) is 0 Å². The highest BCUT2D eigenvalue weighted by Gasteiger charge is 2.22. The molecule has 1 aliphatic carbocycles. The Hall–Kier alpha value is -0.900. The fourth-order valence-corrected chi connectivity index (χ4v) is 3.01. The van der Waals surface area contributed by atoms with Crippen molar-refractivity contribution in [2.24, 2.45) is 5.92 Å². The van der Waals surface area contributed by atoms with Crippen LogP contribution in [0.1, 0.15) is 49.5 Å². The van der Waals surface area contributed by atoms with E-state index >= 15 is 0 Å². The second-order valence-electron chi connectivity index (χ2n) is 4.99. The van der Waals surface area contributed by atoms with Crippen LogP contribution in [-0.2, 0) is 0 Å². The molecule has 1 fully saturated rings. The molecule has 18 heavy (non-hydrogen) atoms. The summed E-state index contributed by atoms with van der Waals surface area (Å²) < 4.78 is 0.748. The SMILES string of the molecule is CC(NC(=O)c1ncccc1Br)C1CCCCC1. The highest BCUT2D eigenvalue weighted by molar-refractivity contribution is 9.10. The van der Waals surface area contributed by atoms with Crippen molar-refractivity contribution < 1.29 is 4.79 Å². The van der Waals surface area contributed by atoms with Gasteiger partial charge in [-0.2, -0.15) is 0 Å². The number of amides is 1. The third kappa shape index (κ3) is 3.31. The van der Waals surface area contributed by atoms with Gasteiger partial charge in [-0.1, -0.05) is 19.3 Å². The van der Waals surface area contributed by atoms with Crippen LogP contribution in [0.25, 0.3) is 0 Å². The lowest BCUT2D eigenvalue weighted by atomic mass is 9.84. The maximum Gasteiger partial charge on any atom is 0.271 e. The molecule has 1 saturated carbocycles. The van der Waals surface area contributed by atoms with E-state index < -0.39 is 0 Å². The van der Waals surface area contributed by atoms with E-state index in [1.807, 2.05) is 12.1 Å². The zero-order valence-corrected chi connectivity index (χ0v) is 12.2. The summed E-state index contributed by atoms with van der Waals surface area (Å²) in [6, 6.07) is 3.88. The average molecular weight is 311 g/mol. The van der Waals surface area contributed by atoms with Crippen LogP contribution in [0.3, 0.4) is 0 Å². The molecule has 0 bridgehead atoms. The maximum absolute atomic E-state index is 12.1. The van der Waals surface area contributed by atoms with Gasteiger partial charge in [0.25, 0.3) is 5.91 Å². The number of rotatable bonds is 3. The minimum Gasteiger partial charge on any atom is -0.348 e. The molecule has 1 N–H and O–H groups in total. The summed E-state index contributed by atoms with van der Waals surface area (Å²) in [5.41, 5.74) is 0.472. The molecule has 1 amide bonds. The molecule has 2 rings (SSSR count). The summed E-state index contributed by atoms with van der Waals surface area (Å²) in [5, 5.41) is 3.08. The highest BCUT2D eigenvalue weighted by atomic mass is 79.9. The predicted octanol–water partition coefficient (Wildman–Crippen LogP) is 3.54. The molecule has 0 spiro atoms. The van der Waals surface area contributed by atoms with Crippen molar-refractivity contribution in [2.75, 3.05) is 0 Å². The molecule has 0 radical (unpaired) electrons. The first-order valence-corrected chi connectivity index (χ1v) is 7.39. The lowest BCUT2D eigenvalue weighted by molar-refractivity contribution is 0.0913. The molecule has 1 aromatic heterocycles. The van der Waals surface area contributed by atoms with Crippen molar-refractivity contribution in [2.45, 2.75) is 45.1 Å². The van der Waals surface area contributed by atoms with Gasteiger partial charge >= 0.3 is 0 Å². The highest BCUT2D eigenvalue weighted by Crippen LogP contribution is 2.26. The van der Waals surface area contributed by atoms with Gasteiger partial charge in [0.2, 0.25) is 0 Å². The number of aromatic nitrogens is 1. The van der Waals surface area contributed by atoms with Gasteiger partial charge in [-0.05, 0) is 53.7 Å². The lowest BCUT2D eigenvalue weighted by Gasteiger charge is -2.28. The van der Waals surface area contributed by atoms with Crippen molar-refractivity contribution >= 4 is 21.8 Å². The van der Waals surface area contributed by atoms with Gasteiger partial charge in [0.05, 0.1) is 0 Å². The minimum atomic E-state index is -0.0828. The third-order valence-corrected chi connectivity index (χ3v) is 4.33. The van der Waals surface area contributed by atoms with Crippen LogP contribution in [0.2, 0.25) is 0 Å². The van der Waals surface area contributed by atoms with E-state index in [4.69, 9.17) is 0 Å². The van der Waals surface area contributed by atoms with E-state index in [1.165, 1.54) is 32.1 Å². The number of pyridine rings is 1. The van der Waals surface area contributed by atoms with Gasteiger partial charge < -0.3 is 5.32 Å². The minimum absolute atomic E-state index is 0.0828. The largest absolute Gasteiger partial charge is 0.348 e. The molecule has 98 valence electrons. The zero-order valence-electron chi connectivity index (χ0n) is 10.7. The second kappa shape index (κ2) is 6.32. The summed E-state index contributed by atoms with van der Waals surface area (Å²) in [7, 11) is 0. The number of halogens is 1. The number of hydrogen-bond acceptors (Lipinski definition) is 2. The molecule has 1 aromatic rings. The Balaban J connectivity index is 1.96. The molecule has 1 aliphatic rings. The number of carbonyl (C=O) groups excluding carboxylic acids is 1. The molecular weight excluding hydrogens is 292 g/mol. The van der Waals surface area contributed by atoms with Crippen LogP contribution in [0, 0.1) is 5.92 Å². The summed E-state index contributed by atoms with van der Waals surface area (Å²) >= 11 is 3.36. The van der Waals surface area contributed by atoms with Crippen LogP contribution in [0.5, 0.6) is 0 Å².